The number of rotatable bonds is 6. The summed E-state index contributed by atoms with van der Waals surface area (Å²) in [5.74, 6) is -0.00176. The van der Waals surface area contributed by atoms with E-state index in [1.807, 2.05) is 30.3 Å². The van der Waals surface area contributed by atoms with E-state index in [-0.39, 0.29) is 5.57 Å². The first kappa shape index (κ1) is 22.4. The summed E-state index contributed by atoms with van der Waals surface area (Å²) in [6.07, 6.45) is 1.48. The van der Waals surface area contributed by atoms with Gasteiger partial charge in [0.2, 0.25) is 0 Å². The van der Waals surface area contributed by atoms with Gasteiger partial charge in [0.1, 0.15) is 24.0 Å². The molecule has 0 bridgehead atoms. The highest BCUT2D eigenvalue weighted by Crippen LogP contribution is 2.28. The van der Waals surface area contributed by atoms with E-state index in [0.717, 1.165) is 16.3 Å². The van der Waals surface area contributed by atoms with Crippen molar-refractivity contribution in [2.75, 3.05) is 5.32 Å². The van der Waals surface area contributed by atoms with E-state index in [0.29, 0.717) is 33.7 Å². The van der Waals surface area contributed by atoms with E-state index in [1.54, 1.807) is 42.5 Å². The van der Waals surface area contributed by atoms with Crippen LogP contribution in [-0.2, 0) is 11.4 Å². The van der Waals surface area contributed by atoms with Crippen LogP contribution in [0.5, 0.6) is 5.75 Å². The van der Waals surface area contributed by atoms with Gasteiger partial charge in [-0.05, 0) is 64.4 Å². The fraction of sp³-hybridized carbons (Fsp3) is 0.0370. The minimum atomic E-state index is -0.521. The molecule has 6 heteroatoms. The van der Waals surface area contributed by atoms with Crippen LogP contribution in [0.15, 0.2) is 90.5 Å². The number of halogens is 2. The molecule has 0 radical (unpaired) electrons. The molecule has 1 amide bonds. The van der Waals surface area contributed by atoms with E-state index in [9.17, 15) is 10.1 Å². The number of carbonyl (C=O) groups is 1. The largest absolute Gasteiger partial charge is 0.487 e. The van der Waals surface area contributed by atoms with Gasteiger partial charge in [-0.25, -0.2) is 0 Å². The molecule has 1 N–H and O–H groups in total. The molecular weight excluding hydrogens is 455 g/mol. The molecule has 4 aromatic carbocycles. The summed E-state index contributed by atoms with van der Waals surface area (Å²) >= 11 is 12.3. The van der Waals surface area contributed by atoms with Gasteiger partial charge in [0.25, 0.3) is 5.91 Å². The van der Waals surface area contributed by atoms with Crippen LogP contribution >= 0.6 is 23.2 Å². The number of benzene rings is 4. The standard InChI is InChI=1S/C27H18Cl2N2O2/c28-22-9-11-23(12-10-22)31-27(32)21(16-30)14-18-8-13-26(25(29)15-18)33-17-20-6-3-5-19-4-1-2-7-24(19)20/h1-15H,17H2,(H,31,32)/b21-14+. The first-order valence-corrected chi connectivity index (χ1v) is 10.9. The first-order chi connectivity index (χ1) is 16.0. The number of carbonyl (C=O) groups excluding carboxylic acids is 1. The van der Waals surface area contributed by atoms with Gasteiger partial charge in [0.05, 0.1) is 5.02 Å². The van der Waals surface area contributed by atoms with Gasteiger partial charge in [-0.15, -0.1) is 0 Å². The summed E-state index contributed by atoms with van der Waals surface area (Å²) in [5, 5.41) is 15.3. The van der Waals surface area contributed by atoms with Gasteiger partial charge in [0.15, 0.2) is 0 Å². The second kappa shape index (κ2) is 10.2. The molecular formula is C27H18Cl2N2O2. The Bertz CT molecular complexity index is 1380. The average Bonchev–Trinajstić information content (AvgIpc) is 2.83. The van der Waals surface area contributed by atoms with Crippen molar-refractivity contribution in [3.05, 3.63) is 112 Å². The summed E-state index contributed by atoms with van der Waals surface area (Å²) in [5.41, 5.74) is 2.16. The van der Waals surface area contributed by atoms with E-state index in [4.69, 9.17) is 27.9 Å². The van der Waals surface area contributed by atoms with Crippen LogP contribution in [-0.4, -0.2) is 5.91 Å². The summed E-state index contributed by atoms with van der Waals surface area (Å²) < 4.78 is 5.95. The van der Waals surface area contributed by atoms with Gasteiger partial charge < -0.3 is 10.1 Å². The first-order valence-electron chi connectivity index (χ1n) is 10.1. The zero-order valence-electron chi connectivity index (χ0n) is 17.4. The molecule has 0 aliphatic carbocycles. The lowest BCUT2D eigenvalue weighted by atomic mass is 10.1. The van der Waals surface area contributed by atoms with Crippen molar-refractivity contribution in [2.24, 2.45) is 0 Å². The summed E-state index contributed by atoms with van der Waals surface area (Å²) in [7, 11) is 0. The van der Waals surface area contributed by atoms with Crippen molar-refractivity contribution < 1.29 is 9.53 Å². The van der Waals surface area contributed by atoms with E-state index >= 15 is 0 Å². The lowest BCUT2D eigenvalue weighted by molar-refractivity contribution is -0.112. The van der Waals surface area contributed by atoms with Crippen LogP contribution in [0.3, 0.4) is 0 Å². The van der Waals surface area contributed by atoms with Gasteiger partial charge in [0, 0.05) is 10.7 Å². The Morgan fingerprint density at radius 1 is 0.970 bits per heavy atom. The van der Waals surface area contributed by atoms with Crippen molar-refractivity contribution in [3.8, 4) is 11.8 Å². The van der Waals surface area contributed by atoms with Crippen LogP contribution in [0, 0.1) is 11.3 Å². The van der Waals surface area contributed by atoms with Crippen molar-refractivity contribution in [1.29, 1.82) is 5.26 Å². The lowest BCUT2D eigenvalue weighted by Crippen LogP contribution is -2.13. The van der Waals surface area contributed by atoms with Crippen LogP contribution in [0.4, 0.5) is 5.69 Å². The molecule has 0 spiro atoms. The molecule has 4 aromatic rings. The maximum atomic E-state index is 12.5. The smallest absolute Gasteiger partial charge is 0.266 e. The van der Waals surface area contributed by atoms with Crippen LogP contribution < -0.4 is 10.1 Å². The zero-order chi connectivity index (χ0) is 23.2. The van der Waals surface area contributed by atoms with E-state index < -0.39 is 5.91 Å². The minimum absolute atomic E-state index is 0.0505. The predicted octanol–water partition coefficient (Wildman–Crippen LogP) is 7.27. The Morgan fingerprint density at radius 2 is 1.73 bits per heavy atom. The normalized spacial score (nSPS) is 11.1. The van der Waals surface area contributed by atoms with Gasteiger partial charge >= 0.3 is 0 Å². The molecule has 0 aromatic heterocycles. The molecule has 0 heterocycles. The minimum Gasteiger partial charge on any atom is -0.487 e. The second-order valence-corrected chi connectivity index (χ2v) is 8.09. The number of fused-ring (bicyclic) bond motifs is 1. The van der Waals surface area contributed by atoms with Crippen LogP contribution in [0.25, 0.3) is 16.8 Å². The molecule has 0 atom stereocenters. The molecule has 4 rings (SSSR count). The summed E-state index contributed by atoms with van der Waals surface area (Å²) in [6, 6.07) is 27.9. The van der Waals surface area contributed by atoms with Gasteiger partial charge in [-0.2, -0.15) is 5.26 Å². The highest BCUT2D eigenvalue weighted by molar-refractivity contribution is 6.32. The Hall–Kier alpha value is -3.78. The number of nitriles is 1. The number of amides is 1. The number of anilines is 1. The molecule has 0 aliphatic rings. The van der Waals surface area contributed by atoms with Gasteiger partial charge in [-0.3, -0.25) is 4.79 Å². The molecule has 4 nitrogen and oxygen atoms in total. The Kier molecular flexibility index (Phi) is 6.95. The zero-order valence-corrected chi connectivity index (χ0v) is 18.9. The summed E-state index contributed by atoms with van der Waals surface area (Å²) in [4.78, 5) is 12.5. The fourth-order valence-electron chi connectivity index (χ4n) is 3.34. The van der Waals surface area contributed by atoms with Crippen LogP contribution in [0.1, 0.15) is 11.1 Å². The molecule has 0 saturated carbocycles. The SMILES string of the molecule is N#C/C(=C\c1ccc(OCc2cccc3ccccc23)c(Cl)c1)C(=O)Nc1ccc(Cl)cc1. The second-order valence-electron chi connectivity index (χ2n) is 7.25. The molecule has 162 valence electrons. The Morgan fingerprint density at radius 3 is 2.48 bits per heavy atom. The third-order valence-corrected chi connectivity index (χ3v) is 5.54. The van der Waals surface area contributed by atoms with Crippen molar-refractivity contribution in [1.82, 2.24) is 0 Å². The highest BCUT2D eigenvalue weighted by Gasteiger charge is 2.11. The maximum Gasteiger partial charge on any atom is 0.266 e. The van der Waals surface area contributed by atoms with E-state index in [1.165, 1.54) is 6.08 Å². The number of hydrogen-bond acceptors (Lipinski definition) is 3. The monoisotopic (exact) mass is 472 g/mol. The predicted molar refractivity (Wildman–Crippen MR) is 133 cm³/mol. The average molecular weight is 473 g/mol. The molecule has 0 saturated heterocycles. The number of hydrogen-bond donors (Lipinski definition) is 1. The highest BCUT2D eigenvalue weighted by atomic mass is 35.5. The number of ether oxygens (including phenoxy) is 1. The van der Waals surface area contributed by atoms with Crippen molar-refractivity contribution in [2.45, 2.75) is 6.61 Å². The topological polar surface area (TPSA) is 62.1 Å². The Balaban J connectivity index is 1.48. The lowest BCUT2D eigenvalue weighted by Gasteiger charge is -2.11. The number of nitrogens with zero attached hydrogens (tertiary/aromatic N) is 1. The van der Waals surface area contributed by atoms with Crippen molar-refractivity contribution in [3.63, 3.8) is 0 Å². The quantitative estimate of drug-likeness (QED) is 0.237. The third-order valence-electron chi connectivity index (χ3n) is 5.00. The molecule has 33 heavy (non-hydrogen) atoms. The van der Waals surface area contributed by atoms with Crippen molar-refractivity contribution >= 4 is 51.6 Å². The van der Waals surface area contributed by atoms with Crippen LogP contribution in [0.2, 0.25) is 10.0 Å². The third kappa shape index (κ3) is 5.53. The molecule has 0 unspecified atom stereocenters. The Labute approximate surface area is 201 Å². The number of nitrogens with one attached hydrogen (secondary N) is 1. The summed E-state index contributed by atoms with van der Waals surface area (Å²) in [6.45, 7) is 0.364. The van der Waals surface area contributed by atoms with Gasteiger partial charge in [-0.1, -0.05) is 71.7 Å². The maximum absolute atomic E-state index is 12.5. The molecule has 0 aliphatic heterocycles. The fourth-order valence-corrected chi connectivity index (χ4v) is 3.71. The molecule has 0 fully saturated rings. The van der Waals surface area contributed by atoms with E-state index in [2.05, 4.69) is 23.5 Å².